The highest BCUT2D eigenvalue weighted by atomic mass is 14.3. The summed E-state index contributed by atoms with van der Waals surface area (Å²) in [5, 5.41) is 9.19. The van der Waals surface area contributed by atoms with Crippen LogP contribution in [0.1, 0.15) is 42.9 Å². The van der Waals surface area contributed by atoms with Gasteiger partial charge in [0.25, 0.3) is 0 Å². The van der Waals surface area contributed by atoms with Gasteiger partial charge in [0.05, 0.1) is 12.0 Å². The molecule has 0 aliphatic rings. The molecule has 0 fully saturated rings. The first-order chi connectivity index (χ1) is 7.04. The topological polar surface area (TPSA) is 23.8 Å². The van der Waals surface area contributed by atoms with Crippen molar-refractivity contribution >= 4 is 0 Å². The molecule has 0 spiro atoms. The summed E-state index contributed by atoms with van der Waals surface area (Å²) in [4.78, 5) is 0. The van der Waals surface area contributed by atoms with Crippen molar-refractivity contribution in [1.82, 2.24) is 0 Å². The predicted molar refractivity (Wildman–Crippen MR) is 63.7 cm³/mol. The Bertz CT molecular complexity index is 371. The smallest absolute Gasteiger partial charge is 0.0717 e. The Morgan fingerprint density at radius 3 is 2.47 bits per heavy atom. The van der Waals surface area contributed by atoms with E-state index in [0.717, 1.165) is 6.42 Å². The van der Waals surface area contributed by atoms with Crippen molar-refractivity contribution in [1.29, 1.82) is 5.26 Å². The van der Waals surface area contributed by atoms with Gasteiger partial charge in [-0.1, -0.05) is 37.6 Å². The monoisotopic (exact) mass is 201 g/mol. The van der Waals surface area contributed by atoms with E-state index in [-0.39, 0.29) is 5.92 Å². The number of hydrogen-bond donors (Lipinski definition) is 0. The van der Waals surface area contributed by atoms with Crippen molar-refractivity contribution in [3.8, 4) is 6.07 Å². The molecule has 1 aromatic carbocycles. The molecule has 1 unspecified atom stereocenters. The molecular formula is C14H19N. The van der Waals surface area contributed by atoms with Crippen LogP contribution in [-0.4, -0.2) is 0 Å². The van der Waals surface area contributed by atoms with E-state index < -0.39 is 0 Å². The number of nitriles is 1. The van der Waals surface area contributed by atoms with Crippen LogP contribution in [0.3, 0.4) is 0 Å². The molecule has 0 bridgehead atoms. The standard InChI is InChI=1S/C14H19N/c1-10(2)7-13(9-15)14-8-11(3)5-6-12(14)4/h5-6,8,10,13H,7H2,1-4H3. The van der Waals surface area contributed by atoms with E-state index in [1.54, 1.807) is 0 Å². The molecule has 1 rings (SSSR count). The first-order valence-corrected chi connectivity index (χ1v) is 5.51. The van der Waals surface area contributed by atoms with Crippen LogP contribution < -0.4 is 0 Å². The van der Waals surface area contributed by atoms with Crippen LogP contribution in [0, 0.1) is 31.1 Å². The quantitative estimate of drug-likeness (QED) is 0.726. The SMILES string of the molecule is Cc1ccc(C)c(C(C#N)CC(C)C)c1. The van der Waals surface area contributed by atoms with Crippen LogP contribution in [0.2, 0.25) is 0 Å². The summed E-state index contributed by atoms with van der Waals surface area (Å²) in [5.74, 6) is 0.611. The van der Waals surface area contributed by atoms with Crippen LogP contribution in [0.25, 0.3) is 0 Å². The lowest BCUT2D eigenvalue weighted by Crippen LogP contribution is -2.03. The first kappa shape index (κ1) is 11.8. The fraction of sp³-hybridized carbons (Fsp3) is 0.500. The number of nitrogens with zero attached hydrogens (tertiary/aromatic N) is 1. The molecule has 1 nitrogen and oxygen atoms in total. The minimum Gasteiger partial charge on any atom is -0.198 e. The van der Waals surface area contributed by atoms with E-state index in [0.29, 0.717) is 5.92 Å². The molecule has 0 saturated carbocycles. The summed E-state index contributed by atoms with van der Waals surface area (Å²) in [7, 11) is 0. The fourth-order valence-electron chi connectivity index (χ4n) is 1.86. The number of aryl methyl sites for hydroxylation is 2. The van der Waals surface area contributed by atoms with Gasteiger partial charge in [-0.2, -0.15) is 5.26 Å². The molecule has 0 aliphatic carbocycles. The molecule has 80 valence electrons. The maximum Gasteiger partial charge on any atom is 0.0717 e. The third-order valence-electron chi connectivity index (χ3n) is 2.67. The normalized spacial score (nSPS) is 12.5. The molecule has 0 heterocycles. The van der Waals surface area contributed by atoms with Gasteiger partial charge >= 0.3 is 0 Å². The fourth-order valence-corrected chi connectivity index (χ4v) is 1.86. The molecule has 0 aromatic heterocycles. The minimum absolute atomic E-state index is 0.0462. The largest absolute Gasteiger partial charge is 0.198 e. The van der Waals surface area contributed by atoms with E-state index >= 15 is 0 Å². The Kier molecular flexibility index (Phi) is 3.91. The number of benzene rings is 1. The molecule has 1 heteroatoms. The van der Waals surface area contributed by atoms with Gasteiger partial charge in [-0.25, -0.2) is 0 Å². The zero-order chi connectivity index (χ0) is 11.4. The van der Waals surface area contributed by atoms with E-state index in [2.05, 4.69) is 52.0 Å². The lowest BCUT2D eigenvalue weighted by molar-refractivity contribution is 0.554. The van der Waals surface area contributed by atoms with Crippen LogP contribution in [0.4, 0.5) is 0 Å². The van der Waals surface area contributed by atoms with Crippen LogP contribution in [0.15, 0.2) is 18.2 Å². The molecule has 0 amide bonds. The maximum absolute atomic E-state index is 9.19. The summed E-state index contributed by atoms with van der Waals surface area (Å²) >= 11 is 0. The summed E-state index contributed by atoms with van der Waals surface area (Å²) in [5.41, 5.74) is 3.67. The lowest BCUT2D eigenvalue weighted by Gasteiger charge is -2.15. The molecule has 0 N–H and O–H groups in total. The summed E-state index contributed by atoms with van der Waals surface area (Å²) in [6.07, 6.45) is 0.945. The lowest BCUT2D eigenvalue weighted by atomic mass is 9.88. The van der Waals surface area contributed by atoms with Crippen molar-refractivity contribution in [3.63, 3.8) is 0 Å². The molecule has 0 radical (unpaired) electrons. The van der Waals surface area contributed by atoms with Crippen LogP contribution >= 0.6 is 0 Å². The summed E-state index contributed by atoms with van der Waals surface area (Å²) in [6.45, 7) is 8.48. The van der Waals surface area contributed by atoms with Gasteiger partial charge in [-0.15, -0.1) is 0 Å². The van der Waals surface area contributed by atoms with Crippen molar-refractivity contribution in [2.75, 3.05) is 0 Å². The second-order valence-corrected chi connectivity index (χ2v) is 4.67. The van der Waals surface area contributed by atoms with Gasteiger partial charge in [0.15, 0.2) is 0 Å². The average Bonchev–Trinajstić information content (AvgIpc) is 2.18. The van der Waals surface area contributed by atoms with Gasteiger partial charge in [-0.05, 0) is 37.3 Å². The maximum atomic E-state index is 9.19. The highest BCUT2D eigenvalue weighted by Crippen LogP contribution is 2.26. The van der Waals surface area contributed by atoms with Crippen molar-refractivity contribution in [2.24, 2.45) is 5.92 Å². The van der Waals surface area contributed by atoms with Gasteiger partial charge < -0.3 is 0 Å². The number of rotatable bonds is 3. The molecular weight excluding hydrogens is 182 g/mol. The molecule has 15 heavy (non-hydrogen) atoms. The summed E-state index contributed by atoms with van der Waals surface area (Å²) in [6, 6.07) is 8.77. The van der Waals surface area contributed by atoms with Crippen LogP contribution in [0.5, 0.6) is 0 Å². The average molecular weight is 201 g/mol. The third-order valence-corrected chi connectivity index (χ3v) is 2.67. The van der Waals surface area contributed by atoms with Gasteiger partial charge in [0.2, 0.25) is 0 Å². The highest BCUT2D eigenvalue weighted by Gasteiger charge is 2.14. The molecule has 0 saturated heterocycles. The van der Waals surface area contributed by atoms with Gasteiger partial charge in [0, 0.05) is 0 Å². The van der Waals surface area contributed by atoms with Gasteiger partial charge in [0.1, 0.15) is 0 Å². The Hall–Kier alpha value is -1.29. The third kappa shape index (κ3) is 3.09. The Labute approximate surface area is 92.7 Å². The first-order valence-electron chi connectivity index (χ1n) is 5.51. The second kappa shape index (κ2) is 4.98. The zero-order valence-corrected chi connectivity index (χ0v) is 10.0. The Balaban J connectivity index is 3.02. The van der Waals surface area contributed by atoms with Crippen LogP contribution in [-0.2, 0) is 0 Å². The molecule has 0 aliphatic heterocycles. The van der Waals surface area contributed by atoms with E-state index in [1.807, 2.05) is 0 Å². The van der Waals surface area contributed by atoms with Gasteiger partial charge in [-0.3, -0.25) is 0 Å². The second-order valence-electron chi connectivity index (χ2n) is 4.67. The minimum atomic E-state index is 0.0462. The summed E-state index contributed by atoms with van der Waals surface area (Å²) < 4.78 is 0. The molecule has 1 aromatic rings. The van der Waals surface area contributed by atoms with E-state index in [4.69, 9.17) is 0 Å². The zero-order valence-electron chi connectivity index (χ0n) is 10.0. The highest BCUT2D eigenvalue weighted by molar-refractivity contribution is 5.36. The Morgan fingerprint density at radius 1 is 1.27 bits per heavy atom. The number of hydrogen-bond acceptors (Lipinski definition) is 1. The van der Waals surface area contributed by atoms with E-state index in [9.17, 15) is 5.26 Å². The Morgan fingerprint density at radius 2 is 1.93 bits per heavy atom. The van der Waals surface area contributed by atoms with Crippen molar-refractivity contribution < 1.29 is 0 Å². The molecule has 1 atom stereocenters. The van der Waals surface area contributed by atoms with Crippen molar-refractivity contribution in [3.05, 3.63) is 34.9 Å². The van der Waals surface area contributed by atoms with E-state index in [1.165, 1.54) is 16.7 Å². The predicted octanol–water partition coefficient (Wildman–Crippen LogP) is 3.96. The van der Waals surface area contributed by atoms with Crippen molar-refractivity contribution in [2.45, 2.75) is 40.0 Å².